The van der Waals surface area contributed by atoms with E-state index in [2.05, 4.69) is 20.1 Å². The fraction of sp³-hybridized carbons (Fsp3) is 0.769. The molecule has 6 heteroatoms. The Morgan fingerprint density at radius 1 is 1.47 bits per heavy atom. The van der Waals surface area contributed by atoms with Crippen LogP contribution < -0.4 is 5.32 Å². The van der Waals surface area contributed by atoms with Crippen molar-refractivity contribution < 1.29 is 4.79 Å². The van der Waals surface area contributed by atoms with Crippen LogP contribution in [0, 0.1) is 5.92 Å². The van der Waals surface area contributed by atoms with Crippen LogP contribution in [0.3, 0.4) is 0 Å². The van der Waals surface area contributed by atoms with Crippen LogP contribution in [0.2, 0.25) is 0 Å². The van der Waals surface area contributed by atoms with Crippen LogP contribution in [-0.4, -0.2) is 38.8 Å². The van der Waals surface area contributed by atoms with Crippen molar-refractivity contribution in [3.63, 3.8) is 0 Å². The number of aryl methyl sites for hydroxylation is 1. The van der Waals surface area contributed by atoms with Crippen LogP contribution >= 0.6 is 0 Å². The summed E-state index contributed by atoms with van der Waals surface area (Å²) in [5.41, 5.74) is 0. The number of carbonyl (C=O) groups is 1. The predicted molar refractivity (Wildman–Crippen MR) is 70.5 cm³/mol. The van der Waals surface area contributed by atoms with Crippen molar-refractivity contribution in [1.82, 2.24) is 25.0 Å². The van der Waals surface area contributed by atoms with Gasteiger partial charge >= 0.3 is 6.03 Å². The highest BCUT2D eigenvalue weighted by Gasteiger charge is 2.26. The Balaban J connectivity index is 1.54. The summed E-state index contributed by atoms with van der Waals surface area (Å²) in [7, 11) is 0. The molecular weight excluding hydrogens is 242 g/mol. The maximum absolute atomic E-state index is 12.1. The first-order valence-electron chi connectivity index (χ1n) is 7.21. The summed E-state index contributed by atoms with van der Waals surface area (Å²) < 4.78 is 2.12. The summed E-state index contributed by atoms with van der Waals surface area (Å²) in [6.45, 7) is 5.14. The highest BCUT2D eigenvalue weighted by atomic mass is 16.2. The standard InChI is InChI=1S/C13H21N5O/c1-2-17(9-10-5-6-10)13(19)14-8-12-16-15-11-4-3-7-18(11)12/h10H,2-9H2,1H3,(H,14,19). The normalized spacial score (nSPS) is 17.3. The molecule has 6 nitrogen and oxygen atoms in total. The molecule has 104 valence electrons. The molecule has 3 rings (SSSR count). The first-order chi connectivity index (χ1) is 9.28. The number of nitrogens with one attached hydrogen (secondary N) is 1. The lowest BCUT2D eigenvalue weighted by Crippen LogP contribution is -2.41. The summed E-state index contributed by atoms with van der Waals surface area (Å²) in [4.78, 5) is 14.0. The van der Waals surface area contributed by atoms with Gasteiger partial charge in [0.25, 0.3) is 0 Å². The van der Waals surface area contributed by atoms with Crippen molar-refractivity contribution in [3.8, 4) is 0 Å². The third kappa shape index (κ3) is 2.72. The van der Waals surface area contributed by atoms with Gasteiger partial charge in [0.2, 0.25) is 0 Å². The SMILES string of the molecule is CCN(CC1CC1)C(=O)NCc1nnc2n1CCC2. The Bertz CT molecular complexity index is 466. The molecule has 1 aromatic heterocycles. The zero-order valence-corrected chi connectivity index (χ0v) is 11.4. The fourth-order valence-electron chi connectivity index (χ4n) is 2.58. The summed E-state index contributed by atoms with van der Waals surface area (Å²) >= 11 is 0. The van der Waals surface area contributed by atoms with E-state index in [4.69, 9.17) is 0 Å². The largest absolute Gasteiger partial charge is 0.331 e. The van der Waals surface area contributed by atoms with E-state index in [1.165, 1.54) is 12.8 Å². The monoisotopic (exact) mass is 263 g/mol. The Morgan fingerprint density at radius 3 is 3.05 bits per heavy atom. The molecule has 1 N–H and O–H groups in total. The van der Waals surface area contributed by atoms with Crippen LogP contribution in [0.5, 0.6) is 0 Å². The Morgan fingerprint density at radius 2 is 2.32 bits per heavy atom. The van der Waals surface area contributed by atoms with Crippen molar-refractivity contribution in [2.45, 2.75) is 45.7 Å². The minimum absolute atomic E-state index is 0.0183. The number of carbonyl (C=O) groups excluding carboxylic acids is 1. The van der Waals surface area contributed by atoms with Crippen molar-refractivity contribution in [2.24, 2.45) is 5.92 Å². The lowest BCUT2D eigenvalue weighted by atomic mass is 10.4. The number of fused-ring (bicyclic) bond motifs is 1. The molecule has 1 aliphatic heterocycles. The highest BCUT2D eigenvalue weighted by Crippen LogP contribution is 2.29. The molecule has 0 bridgehead atoms. The van der Waals surface area contributed by atoms with Gasteiger partial charge in [-0.05, 0) is 32.1 Å². The third-order valence-electron chi connectivity index (χ3n) is 3.93. The summed E-state index contributed by atoms with van der Waals surface area (Å²) in [6.07, 6.45) is 4.67. The molecular formula is C13H21N5O. The van der Waals surface area contributed by atoms with Gasteiger partial charge in [-0.2, -0.15) is 0 Å². The van der Waals surface area contributed by atoms with E-state index >= 15 is 0 Å². The second kappa shape index (κ2) is 5.19. The van der Waals surface area contributed by atoms with Crippen LogP contribution in [0.1, 0.15) is 37.8 Å². The van der Waals surface area contributed by atoms with Gasteiger partial charge in [0.15, 0.2) is 5.82 Å². The molecule has 1 aromatic rings. The Labute approximate surface area is 113 Å². The van der Waals surface area contributed by atoms with E-state index in [1.807, 2.05) is 11.8 Å². The molecule has 0 spiro atoms. The van der Waals surface area contributed by atoms with E-state index < -0.39 is 0 Å². The fourth-order valence-corrected chi connectivity index (χ4v) is 2.58. The zero-order chi connectivity index (χ0) is 13.2. The molecule has 0 aromatic carbocycles. The molecule has 19 heavy (non-hydrogen) atoms. The topological polar surface area (TPSA) is 63.1 Å². The average Bonchev–Trinajstić information content (AvgIpc) is 2.96. The van der Waals surface area contributed by atoms with Gasteiger partial charge in [-0.3, -0.25) is 0 Å². The van der Waals surface area contributed by atoms with Crippen molar-refractivity contribution in [3.05, 3.63) is 11.6 Å². The molecule has 0 atom stereocenters. The van der Waals surface area contributed by atoms with E-state index in [-0.39, 0.29) is 6.03 Å². The predicted octanol–water partition coefficient (Wildman–Crippen LogP) is 1.17. The molecule has 0 saturated heterocycles. The van der Waals surface area contributed by atoms with Crippen LogP contribution in [-0.2, 0) is 19.5 Å². The molecule has 2 heterocycles. The zero-order valence-electron chi connectivity index (χ0n) is 11.4. The van der Waals surface area contributed by atoms with Gasteiger partial charge in [-0.1, -0.05) is 0 Å². The number of aromatic nitrogens is 3. The molecule has 2 amide bonds. The second-order valence-corrected chi connectivity index (χ2v) is 5.43. The first kappa shape index (κ1) is 12.4. The lowest BCUT2D eigenvalue weighted by molar-refractivity contribution is 0.197. The van der Waals surface area contributed by atoms with Gasteiger partial charge < -0.3 is 14.8 Å². The lowest BCUT2D eigenvalue weighted by Gasteiger charge is -2.21. The number of hydrogen-bond donors (Lipinski definition) is 1. The number of rotatable bonds is 5. The maximum Gasteiger partial charge on any atom is 0.317 e. The van der Waals surface area contributed by atoms with Gasteiger partial charge in [0.1, 0.15) is 5.82 Å². The van der Waals surface area contributed by atoms with Crippen molar-refractivity contribution in [2.75, 3.05) is 13.1 Å². The second-order valence-electron chi connectivity index (χ2n) is 5.43. The molecule has 1 saturated carbocycles. The molecule has 2 aliphatic rings. The summed E-state index contributed by atoms with van der Waals surface area (Å²) in [5.74, 6) is 2.65. The number of hydrogen-bond acceptors (Lipinski definition) is 3. The highest BCUT2D eigenvalue weighted by molar-refractivity contribution is 5.74. The smallest absolute Gasteiger partial charge is 0.317 e. The van der Waals surface area contributed by atoms with Gasteiger partial charge in [-0.15, -0.1) is 10.2 Å². The Kier molecular flexibility index (Phi) is 3.40. The number of amides is 2. The summed E-state index contributed by atoms with van der Waals surface area (Å²) in [5, 5.41) is 11.3. The van der Waals surface area contributed by atoms with Gasteiger partial charge in [0, 0.05) is 26.1 Å². The number of urea groups is 1. The minimum Gasteiger partial charge on any atom is -0.331 e. The molecule has 1 fully saturated rings. The first-order valence-corrected chi connectivity index (χ1v) is 7.21. The van der Waals surface area contributed by atoms with Crippen LogP contribution in [0.15, 0.2) is 0 Å². The molecule has 0 radical (unpaired) electrons. The van der Waals surface area contributed by atoms with Crippen LogP contribution in [0.4, 0.5) is 4.79 Å². The number of nitrogens with zero attached hydrogens (tertiary/aromatic N) is 4. The van der Waals surface area contributed by atoms with E-state index in [0.29, 0.717) is 6.54 Å². The Hall–Kier alpha value is -1.59. The van der Waals surface area contributed by atoms with Gasteiger partial charge in [0.05, 0.1) is 6.54 Å². The van der Waals surface area contributed by atoms with E-state index in [9.17, 15) is 4.79 Å². The van der Waals surface area contributed by atoms with E-state index in [0.717, 1.165) is 50.0 Å². The van der Waals surface area contributed by atoms with Crippen molar-refractivity contribution >= 4 is 6.03 Å². The molecule has 1 aliphatic carbocycles. The minimum atomic E-state index is 0.0183. The summed E-state index contributed by atoms with van der Waals surface area (Å²) in [6, 6.07) is 0.0183. The van der Waals surface area contributed by atoms with Gasteiger partial charge in [-0.25, -0.2) is 4.79 Å². The molecule has 0 unspecified atom stereocenters. The quantitative estimate of drug-likeness (QED) is 0.867. The van der Waals surface area contributed by atoms with Crippen molar-refractivity contribution in [1.29, 1.82) is 0 Å². The van der Waals surface area contributed by atoms with Crippen LogP contribution in [0.25, 0.3) is 0 Å². The maximum atomic E-state index is 12.1. The third-order valence-corrected chi connectivity index (χ3v) is 3.93. The average molecular weight is 263 g/mol. The van der Waals surface area contributed by atoms with E-state index in [1.54, 1.807) is 0 Å².